The topological polar surface area (TPSA) is 71.8 Å². The van der Waals surface area contributed by atoms with Gasteiger partial charge in [0.05, 0.1) is 40.1 Å². The van der Waals surface area contributed by atoms with Crippen LogP contribution in [-0.2, 0) is 17.8 Å². The summed E-state index contributed by atoms with van der Waals surface area (Å²) in [5.74, 6) is 2.21. The molecule has 0 radical (unpaired) electrons. The third-order valence-corrected chi connectivity index (χ3v) is 5.92. The molecule has 0 fully saturated rings. The van der Waals surface area contributed by atoms with Gasteiger partial charge in [-0.2, -0.15) is 0 Å². The van der Waals surface area contributed by atoms with Crippen LogP contribution in [0.1, 0.15) is 29.0 Å². The first-order valence-corrected chi connectivity index (χ1v) is 10.8. The number of benzene rings is 2. The Morgan fingerprint density at radius 1 is 1.06 bits per heavy atom. The van der Waals surface area contributed by atoms with E-state index >= 15 is 0 Å². The summed E-state index contributed by atoms with van der Waals surface area (Å²) in [5, 5.41) is 0. The molecule has 0 saturated heterocycles. The number of carbonyl (C=O) groups excluding carboxylic acids is 1. The molecule has 2 aromatic carbocycles. The third kappa shape index (κ3) is 4.72. The minimum absolute atomic E-state index is 0.313. The summed E-state index contributed by atoms with van der Waals surface area (Å²) in [6.07, 6.45) is 10.1. The summed E-state index contributed by atoms with van der Waals surface area (Å²) in [4.78, 5) is 16.2. The maximum atomic E-state index is 12.1. The van der Waals surface area contributed by atoms with Crippen LogP contribution in [0.25, 0.3) is 6.08 Å². The van der Waals surface area contributed by atoms with E-state index < -0.39 is 0 Å². The highest BCUT2D eigenvalue weighted by Gasteiger charge is 2.25. The number of ether oxygens (including phenoxy) is 4. The quantitative estimate of drug-likeness (QED) is 0.455. The van der Waals surface area contributed by atoms with Gasteiger partial charge in [0.25, 0.3) is 0 Å². The van der Waals surface area contributed by atoms with Gasteiger partial charge in [-0.3, -0.25) is 0 Å². The first-order chi connectivity index (χ1) is 16.2. The Morgan fingerprint density at radius 3 is 2.61 bits per heavy atom. The molecule has 1 heterocycles. The van der Waals surface area contributed by atoms with E-state index in [1.165, 1.54) is 0 Å². The van der Waals surface area contributed by atoms with E-state index in [0.717, 1.165) is 53.7 Å². The number of aryl methyl sites for hydroxylation is 1. The van der Waals surface area contributed by atoms with Crippen molar-refractivity contribution in [1.29, 1.82) is 0 Å². The lowest BCUT2D eigenvalue weighted by Crippen LogP contribution is -2.14. The number of imidazole rings is 1. The Morgan fingerprint density at radius 2 is 1.91 bits per heavy atom. The van der Waals surface area contributed by atoms with Crippen LogP contribution >= 0.6 is 0 Å². The van der Waals surface area contributed by atoms with Crippen LogP contribution in [0.3, 0.4) is 0 Å². The van der Waals surface area contributed by atoms with Crippen LogP contribution in [0.5, 0.6) is 23.0 Å². The second-order valence-corrected chi connectivity index (χ2v) is 7.77. The lowest BCUT2D eigenvalue weighted by Gasteiger charge is -2.26. The Kier molecular flexibility index (Phi) is 6.98. The van der Waals surface area contributed by atoms with Gasteiger partial charge in [0.15, 0.2) is 11.5 Å². The van der Waals surface area contributed by atoms with Gasteiger partial charge in [-0.1, -0.05) is 17.7 Å². The molecular formula is C26H28N2O5. The van der Waals surface area contributed by atoms with Gasteiger partial charge in [0.1, 0.15) is 18.6 Å². The molecule has 1 unspecified atom stereocenters. The molecule has 1 atom stereocenters. The molecule has 7 nitrogen and oxygen atoms in total. The molecule has 0 aliphatic heterocycles. The molecule has 172 valence electrons. The molecule has 1 aliphatic rings. The molecule has 4 rings (SSSR count). The van der Waals surface area contributed by atoms with E-state index in [2.05, 4.69) is 4.98 Å². The van der Waals surface area contributed by atoms with Gasteiger partial charge in [0.2, 0.25) is 5.75 Å². The fraction of sp³-hybridized carbons (Fsp3) is 0.308. The number of hydrogen-bond donors (Lipinski definition) is 0. The first-order valence-electron chi connectivity index (χ1n) is 10.8. The van der Waals surface area contributed by atoms with Gasteiger partial charge in [-0.15, -0.1) is 0 Å². The third-order valence-electron chi connectivity index (χ3n) is 5.92. The molecule has 0 amide bonds. The summed E-state index contributed by atoms with van der Waals surface area (Å²) in [5.41, 5.74) is 4.05. The SMILES string of the molecule is COc1ccc(/C=C2\CCc3cc(OCCn4ccnc4)ccc3C2C=O)c(OC)c1OC. The summed E-state index contributed by atoms with van der Waals surface area (Å²) >= 11 is 0. The standard InChI is InChI=1S/C26H28N2O5/c1-30-24-9-6-20(25(31-2)26(24)32-3)14-18-4-5-19-15-21(7-8-22(19)23(18)16-29)33-13-12-28-11-10-27-17-28/h6-11,14-17,23H,4-5,12-13H2,1-3H3/b18-14+. The zero-order valence-electron chi connectivity index (χ0n) is 19.1. The highest BCUT2D eigenvalue weighted by molar-refractivity contribution is 5.76. The number of fused-ring (bicyclic) bond motifs is 1. The van der Waals surface area contributed by atoms with Crippen LogP contribution in [-0.4, -0.2) is 43.8 Å². The Balaban J connectivity index is 1.57. The lowest BCUT2D eigenvalue weighted by atomic mass is 9.79. The van der Waals surface area contributed by atoms with Crippen LogP contribution < -0.4 is 18.9 Å². The second kappa shape index (κ2) is 10.3. The summed E-state index contributed by atoms with van der Waals surface area (Å²) < 4.78 is 24.4. The number of hydrogen-bond acceptors (Lipinski definition) is 6. The number of aromatic nitrogens is 2. The largest absolute Gasteiger partial charge is 0.493 e. The predicted octanol–water partition coefficient (Wildman–Crippen LogP) is 4.30. The molecule has 33 heavy (non-hydrogen) atoms. The average molecular weight is 449 g/mol. The smallest absolute Gasteiger partial charge is 0.203 e. The maximum absolute atomic E-state index is 12.1. The van der Waals surface area contributed by atoms with Gasteiger partial charge in [-0.25, -0.2) is 4.98 Å². The molecule has 1 aromatic heterocycles. The molecular weight excluding hydrogens is 420 g/mol. The van der Waals surface area contributed by atoms with Crippen LogP contribution in [0, 0.1) is 0 Å². The van der Waals surface area contributed by atoms with Gasteiger partial charge in [-0.05, 0) is 48.2 Å². The fourth-order valence-electron chi connectivity index (χ4n) is 4.27. The van der Waals surface area contributed by atoms with E-state index in [-0.39, 0.29) is 5.92 Å². The zero-order valence-corrected chi connectivity index (χ0v) is 19.1. The van der Waals surface area contributed by atoms with E-state index in [4.69, 9.17) is 18.9 Å². The zero-order chi connectivity index (χ0) is 23.2. The van der Waals surface area contributed by atoms with E-state index in [9.17, 15) is 4.79 Å². The van der Waals surface area contributed by atoms with Crippen LogP contribution in [0.2, 0.25) is 0 Å². The number of allylic oxidation sites excluding steroid dienone is 1. The normalized spacial score (nSPS) is 16.2. The molecule has 7 heteroatoms. The molecule has 1 aliphatic carbocycles. The number of nitrogens with zero attached hydrogens (tertiary/aromatic N) is 2. The molecule has 0 bridgehead atoms. The Hall–Kier alpha value is -3.74. The minimum atomic E-state index is -0.313. The van der Waals surface area contributed by atoms with Crippen molar-refractivity contribution >= 4 is 12.4 Å². The first kappa shape index (κ1) is 22.5. The number of rotatable bonds is 9. The number of aldehydes is 1. The van der Waals surface area contributed by atoms with Crippen molar-refractivity contribution < 1.29 is 23.7 Å². The summed E-state index contributed by atoms with van der Waals surface area (Å²) in [7, 11) is 4.77. The lowest BCUT2D eigenvalue weighted by molar-refractivity contribution is -0.108. The van der Waals surface area contributed by atoms with Crippen molar-refractivity contribution in [2.24, 2.45) is 0 Å². The van der Waals surface area contributed by atoms with E-state index in [1.807, 2.05) is 47.2 Å². The summed E-state index contributed by atoms with van der Waals surface area (Å²) in [6.45, 7) is 1.28. The van der Waals surface area contributed by atoms with Crippen molar-refractivity contribution in [3.05, 3.63) is 71.3 Å². The molecule has 0 spiro atoms. The minimum Gasteiger partial charge on any atom is -0.493 e. The van der Waals surface area contributed by atoms with Gasteiger partial charge < -0.3 is 28.3 Å². The van der Waals surface area contributed by atoms with Crippen molar-refractivity contribution in [3.8, 4) is 23.0 Å². The fourth-order valence-corrected chi connectivity index (χ4v) is 4.27. The summed E-state index contributed by atoms with van der Waals surface area (Å²) in [6, 6.07) is 9.74. The highest BCUT2D eigenvalue weighted by Crippen LogP contribution is 2.43. The number of carbonyl (C=O) groups is 1. The number of methoxy groups -OCH3 is 3. The average Bonchev–Trinajstić information content (AvgIpc) is 3.37. The molecule has 3 aromatic rings. The highest BCUT2D eigenvalue weighted by atomic mass is 16.5. The second-order valence-electron chi connectivity index (χ2n) is 7.77. The van der Waals surface area contributed by atoms with Gasteiger partial charge in [0, 0.05) is 18.0 Å². The molecule has 0 N–H and O–H groups in total. The Labute approximate surface area is 193 Å². The van der Waals surface area contributed by atoms with Crippen LogP contribution in [0.4, 0.5) is 0 Å². The van der Waals surface area contributed by atoms with Crippen molar-refractivity contribution in [2.75, 3.05) is 27.9 Å². The predicted molar refractivity (Wildman–Crippen MR) is 125 cm³/mol. The van der Waals surface area contributed by atoms with Crippen molar-refractivity contribution in [2.45, 2.75) is 25.3 Å². The van der Waals surface area contributed by atoms with Crippen LogP contribution in [0.15, 0.2) is 54.6 Å². The van der Waals surface area contributed by atoms with E-state index in [1.54, 1.807) is 33.9 Å². The monoisotopic (exact) mass is 448 g/mol. The van der Waals surface area contributed by atoms with Crippen molar-refractivity contribution in [1.82, 2.24) is 9.55 Å². The van der Waals surface area contributed by atoms with E-state index in [0.29, 0.717) is 23.9 Å². The maximum Gasteiger partial charge on any atom is 0.203 e. The molecule has 0 saturated carbocycles. The van der Waals surface area contributed by atoms with Crippen molar-refractivity contribution in [3.63, 3.8) is 0 Å². The van der Waals surface area contributed by atoms with Gasteiger partial charge >= 0.3 is 0 Å². The Bertz CT molecular complexity index is 1140.